The summed E-state index contributed by atoms with van der Waals surface area (Å²) in [6.45, 7) is 2.16. The van der Waals surface area contributed by atoms with Gasteiger partial charge in [-0.2, -0.15) is 0 Å². The summed E-state index contributed by atoms with van der Waals surface area (Å²) < 4.78 is 21.8. The van der Waals surface area contributed by atoms with Crippen LogP contribution in [0.5, 0.6) is 23.0 Å². The van der Waals surface area contributed by atoms with Crippen LogP contribution in [0.2, 0.25) is 0 Å². The van der Waals surface area contributed by atoms with Gasteiger partial charge in [-0.05, 0) is 31.5 Å². The molecule has 0 aliphatic carbocycles. The maximum atomic E-state index is 5.57. The lowest BCUT2D eigenvalue weighted by Crippen LogP contribution is -2.29. The molecule has 0 fully saturated rings. The van der Waals surface area contributed by atoms with Crippen LogP contribution < -0.4 is 29.6 Å². The first-order valence-corrected chi connectivity index (χ1v) is 8.60. The van der Waals surface area contributed by atoms with Crippen LogP contribution in [0.4, 0.5) is 11.4 Å². The molecular weight excluding hydrogens is 332 g/mol. The monoisotopic (exact) mass is 358 g/mol. The zero-order chi connectivity index (χ0) is 18.7. The summed E-state index contributed by atoms with van der Waals surface area (Å²) >= 11 is 0. The van der Waals surface area contributed by atoms with Crippen molar-refractivity contribution in [3.63, 3.8) is 0 Å². The molecular formula is C20H26N2O4. The molecule has 2 aromatic carbocycles. The fourth-order valence-corrected chi connectivity index (χ4v) is 3.35. The molecule has 3 rings (SSSR count). The number of fused-ring (bicyclic) bond motifs is 1. The lowest BCUT2D eigenvalue weighted by atomic mass is 9.92. The fourth-order valence-electron chi connectivity index (χ4n) is 3.35. The minimum atomic E-state index is 0.0903. The molecule has 0 spiro atoms. The van der Waals surface area contributed by atoms with Crippen molar-refractivity contribution >= 4 is 11.4 Å². The molecule has 1 heterocycles. The molecule has 2 atom stereocenters. The molecule has 6 nitrogen and oxygen atoms in total. The summed E-state index contributed by atoms with van der Waals surface area (Å²) in [5, 5.41) is 7.13. The van der Waals surface area contributed by atoms with E-state index in [1.807, 2.05) is 30.3 Å². The van der Waals surface area contributed by atoms with Gasteiger partial charge in [0, 0.05) is 23.7 Å². The number of ether oxygens (including phenoxy) is 4. The molecule has 6 heteroatoms. The molecule has 0 radical (unpaired) electrons. The summed E-state index contributed by atoms with van der Waals surface area (Å²) in [6, 6.07) is 10.1. The second-order valence-corrected chi connectivity index (χ2v) is 6.34. The number of benzene rings is 2. The Morgan fingerprint density at radius 1 is 0.885 bits per heavy atom. The van der Waals surface area contributed by atoms with Gasteiger partial charge in [-0.3, -0.25) is 0 Å². The van der Waals surface area contributed by atoms with Crippen molar-refractivity contribution in [2.45, 2.75) is 25.4 Å². The van der Waals surface area contributed by atoms with E-state index < -0.39 is 0 Å². The van der Waals surface area contributed by atoms with Gasteiger partial charge in [-0.1, -0.05) is 0 Å². The third-order valence-electron chi connectivity index (χ3n) is 4.66. The number of methoxy groups -OCH3 is 4. The highest BCUT2D eigenvalue weighted by molar-refractivity contribution is 5.70. The van der Waals surface area contributed by atoms with Crippen molar-refractivity contribution in [2.24, 2.45) is 0 Å². The van der Waals surface area contributed by atoms with Gasteiger partial charge < -0.3 is 29.6 Å². The SMILES string of the molecule is COc1ccc(N[C@H]2C[C@H](C)Nc3c(OC)cc(OC)cc32)c(OC)c1. The van der Waals surface area contributed by atoms with Crippen LogP contribution in [0, 0.1) is 0 Å². The molecule has 0 aromatic heterocycles. The number of nitrogens with one attached hydrogen (secondary N) is 2. The lowest BCUT2D eigenvalue weighted by Gasteiger charge is -2.34. The average molecular weight is 358 g/mol. The highest BCUT2D eigenvalue weighted by Crippen LogP contribution is 2.44. The third kappa shape index (κ3) is 3.45. The Bertz CT molecular complexity index is 779. The van der Waals surface area contributed by atoms with E-state index in [1.54, 1.807) is 28.4 Å². The predicted octanol–water partition coefficient (Wildman–Crippen LogP) is 4.08. The second-order valence-electron chi connectivity index (χ2n) is 6.34. The molecule has 0 saturated heterocycles. The lowest BCUT2D eigenvalue weighted by molar-refractivity contribution is 0.391. The van der Waals surface area contributed by atoms with E-state index in [0.29, 0.717) is 6.04 Å². The van der Waals surface area contributed by atoms with E-state index in [1.165, 1.54) is 0 Å². The van der Waals surface area contributed by atoms with Gasteiger partial charge in [-0.25, -0.2) is 0 Å². The average Bonchev–Trinajstić information content (AvgIpc) is 2.67. The molecule has 0 unspecified atom stereocenters. The van der Waals surface area contributed by atoms with Gasteiger partial charge >= 0.3 is 0 Å². The topological polar surface area (TPSA) is 61.0 Å². The van der Waals surface area contributed by atoms with Crippen LogP contribution in [-0.4, -0.2) is 34.5 Å². The number of rotatable bonds is 6. The van der Waals surface area contributed by atoms with Crippen LogP contribution in [0.15, 0.2) is 30.3 Å². The first-order chi connectivity index (χ1) is 12.6. The first-order valence-electron chi connectivity index (χ1n) is 8.60. The van der Waals surface area contributed by atoms with Crippen molar-refractivity contribution < 1.29 is 18.9 Å². The first kappa shape index (κ1) is 18.0. The fraction of sp³-hybridized carbons (Fsp3) is 0.400. The van der Waals surface area contributed by atoms with Gasteiger partial charge in [0.25, 0.3) is 0 Å². The maximum Gasteiger partial charge on any atom is 0.146 e. The van der Waals surface area contributed by atoms with Crippen molar-refractivity contribution in [2.75, 3.05) is 39.1 Å². The molecule has 1 aliphatic heterocycles. The van der Waals surface area contributed by atoms with Crippen molar-refractivity contribution in [3.05, 3.63) is 35.9 Å². The summed E-state index contributed by atoms with van der Waals surface area (Å²) in [5.74, 6) is 3.05. The predicted molar refractivity (Wildman–Crippen MR) is 103 cm³/mol. The van der Waals surface area contributed by atoms with E-state index in [0.717, 1.165) is 46.4 Å². The highest BCUT2D eigenvalue weighted by Gasteiger charge is 2.28. The highest BCUT2D eigenvalue weighted by atomic mass is 16.5. The van der Waals surface area contributed by atoms with E-state index >= 15 is 0 Å². The van der Waals surface area contributed by atoms with Gasteiger partial charge in [0.2, 0.25) is 0 Å². The van der Waals surface area contributed by atoms with Gasteiger partial charge in [-0.15, -0.1) is 0 Å². The van der Waals surface area contributed by atoms with Gasteiger partial charge in [0.1, 0.15) is 23.0 Å². The number of hydrogen-bond donors (Lipinski definition) is 2. The second kappa shape index (κ2) is 7.64. The van der Waals surface area contributed by atoms with E-state index in [9.17, 15) is 0 Å². The number of hydrogen-bond acceptors (Lipinski definition) is 6. The number of anilines is 2. The minimum Gasteiger partial charge on any atom is -0.497 e. The maximum absolute atomic E-state index is 5.57. The molecule has 0 saturated carbocycles. The molecule has 2 aromatic rings. The Labute approximate surface area is 154 Å². The normalized spacial score (nSPS) is 18.3. The van der Waals surface area contributed by atoms with Gasteiger partial charge in [0.05, 0.1) is 45.9 Å². The van der Waals surface area contributed by atoms with Crippen LogP contribution in [0.3, 0.4) is 0 Å². The molecule has 26 heavy (non-hydrogen) atoms. The summed E-state index contributed by atoms with van der Waals surface area (Å²) in [4.78, 5) is 0. The van der Waals surface area contributed by atoms with Crippen molar-refractivity contribution in [3.8, 4) is 23.0 Å². The van der Waals surface area contributed by atoms with E-state index in [-0.39, 0.29) is 6.04 Å². The van der Waals surface area contributed by atoms with Crippen molar-refractivity contribution in [1.29, 1.82) is 0 Å². The summed E-state index contributed by atoms with van der Waals surface area (Å²) in [7, 11) is 6.64. The van der Waals surface area contributed by atoms with Crippen LogP contribution in [-0.2, 0) is 0 Å². The Balaban J connectivity index is 2.00. The molecule has 0 bridgehead atoms. The van der Waals surface area contributed by atoms with Crippen LogP contribution >= 0.6 is 0 Å². The molecule has 140 valence electrons. The zero-order valence-electron chi connectivity index (χ0n) is 15.9. The Kier molecular flexibility index (Phi) is 5.30. The van der Waals surface area contributed by atoms with Crippen LogP contribution in [0.1, 0.15) is 24.9 Å². The Morgan fingerprint density at radius 3 is 2.23 bits per heavy atom. The van der Waals surface area contributed by atoms with Crippen LogP contribution in [0.25, 0.3) is 0 Å². The molecule has 1 aliphatic rings. The molecule has 0 amide bonds. The standard InChI is InChI=1S/C20H26N2O4/c1-12-8-17(22-16-7-6-13(23-2)10-18(16)25-4)15-9-14(24-3)11-19(26-5)20(15)21-12/h6-7,9-12,17,21-22H,8H2,1-5H3/t12-,17-/m0/s1. The smallest absolute Gasteiger partial charge is 0.146 e. The van der Waals surface area contributed by atoms with E-state index in [2.05, 4.69) is 17.6 Å². The largest absolute Gasteiger partial charge is 0.497 e. The Hall–Kier alpha value is -2.76. The van der Waals surface area contributed by atoms with E-state index in [4.69, 9.17) is 18.9 Å². The molecule has 2 N–H and O–H groups in total. The summed E-state index contributed by atoms with van der Waals surface area (Å²) in [6.07, 6.45) is 0.915. The van der Waals surface area contributed by atoms with Crippen molar-refractivity contribution in [1.82, 2.24) is 0 Å². The summed E-state index contributed by atoms with van der Waals surface area (Å²) in [5.41, 5.74) is 3.02. The quantitative estimate of drug-likeness (QED) is 0.811. The minimum absolute atomic E-state index is 0.0903. The Morgan fingerprint density at radius 2 is 1.58 bits per heavy atom. The third-order valence-corrected chi connectivity index (χ3v) is 4.66. The van der Waals surface area contributed by atoms with Gasteiger partial charge in [0.15, 0.2) is 0 Å². The zero-order valence-corrected chi connectivity index (χ0v) is 15.9.